The molecule has 1 unspecified atom stereocenters. The van der Waals surface area contributed by atoms with Gasteiger partial charge in [0.2, 0.25) is 0 Å². The molecule has 0 aromatic heterocycles. The molecule has 3 atom stereocenters. The average Bonchev–Trinajstić information content (AvgIpc) is 3.32. The van der Waals surface area contributed by atoms with Crippen LogP contribution >= 0.6 is 0 Å². The van der Waals surface area contributed by atoms with Crippen molar-refractivity contribution in [3.63, 3.8) is 0 Å². The minimum absolute atomic E-state index is 0.0963. The van der Waals surface area contributed by atoms with Gasteiger partial charge in [0.05, 0.1) is 6.61 Å². The number of carbonyl (C=O) groups excluding carboxylic acids is 1. The molecule has 0 N–H and O–H groups in total. The zero-order chi connectivity index (χ0) is 14.8. The van der Waals surface area contributed by atoms with E-state index in [4.69, 9.17) is 4.74 Å². The van der Waals surface area contributed by atoms with Crippen LogP contribution in [0.5, 0.6) is 0 Å². The Hall–Kier alpha value is -1.12. The molecule has 0 saturated heterocycles. The number of aldehydes is 1. The van der Waals surface area contributed by atoms with Crippen LogP contribution in [-0.4, -0.2) is 19.1 Å². The fraction of sp³-hybridized carbons (Fsp3) is 0.722. The standard InChI is InChI=1S/C18H25FO2/c1-2-21-17-10-12(11-20)9-16(13-3-4-13)18(17)14-5-7-15(19)8-6-14/h5,11-13,15-16H,2-4,6-10H2,1H3/t12-,15+,16?/m1/s1. The quantitative estimate of drug-likeness (QED) is 0.704. The van der Waals surface area contributed by atoms with Crippen LogP contribution in [0.4, 0.5) is 4.39 Å². The van der Waals surface area contributed by atoms with E-state index in [1.165, 1.54) is 24.0 Å². The molecule has 116 valence electrons. The molecule has 0 bridgehead atoms. The summed E-state index contributed by atoms with van der Waals surface area (Å²) in [5.41, 5.74) is 2.64. The molecule has 3 heteroatoms. The maximum atomic E-state index is 13.4. The Bertz CT molecular complexity index is 462. The summed E-state index contributed by atoms with van der Waals surface area (Å²) in [6.45, 7) is 2.63. The largest absolute Gasteiger partial charge is 0.498 e. The number of allylic oxidation sites excluding steroid dienone is 4. The molecule has 0 aromatic rings. The molecule has 1 fully saturated rings. The summed E-state index contributed by atoms with van der Waals surface area (Å²) in [6.07, 6.45) is 8.68. The molecule has 0 aromatic carbocycles. The summed E-state index contributed by atoms with van der Waals surface area (Å²) in [5, 5.41) is 0. The number of ether oxygens (including phenoxy) is 1. The van der Waals surface area contributed by atoms with Crippen LogP contribution in [0.2, 0.25) is 0 Å². The van der Waals surface area contributed by atoms with Crippen molar-refractivity contribution in [1.29, 1.82) is 0 Å². The Morgan fingerprint density at radius 3 is 2.76 bits per heavy atom. The zero-order valence-corrected chi connectivity index (χ0v) is 12.8. The van der Waals surface area contributed by atoms with E-state index in [0.717, 1.165) is 31.3 Å². The van der Waals surface area contributed by atoms with Crippen molar-refractivity contribution >= 4 is 6.29 Å². The van der Waals surface area contributed by atoms with Crippen molar-refractivity contribution in [3.05, 3.63) is 23.0 Å². The van der Waals surface area contributed by atoms with Crippen molar-refractivity contribution in [2.24, 2.45) is 17.8 Å². The number of alkyl halides is 1. The third kappa shape index (κ3) is 3.22. The van der Waals surface area contributed by atoms with E-state index in [2.05, 4.69) is 6.08 Å². The van der Waals surface area contributed by atoms with Crippen LogP contribution in [-0.2, 0) is 9.53 Å². The Balaban J connectivity index is 1.93. The maximum Gasteiger partial charge on any atom is 0.123 e. The van der Waals surface area contributed by atoms with Gasteiger partial charge in [-0.1, -0.05) is 6.08 Å². The molecule has 2 nitrogen and oxygen atoms in total. The predicted molar refractivity (Wildman–Crippen MR) is 80.5 cm³/mol. The highest BCUT2D eigenvalue weighted by Crippen LogP contribution is 2.51. The number of hydrogen-bond acceptors (Lipinski definition) is 2. The predicted octanol–water partition coefficient (Wildman–Crippen LogP) is 4.36. The monoisotopic (exact) mass is 292 g/mol. The van der Waals surface area contributed by atoms with Crippen molar-refractivity contribution in [3.8, 4) is 0 Å². The van der Waals surface area contributed by atoms with E-state index in [9.17, 15) is 9.18 Å². The molecule has 21 heavy (non-hydrogen) atoms. The molecule has 0 amide bonds. The molecule has 3 aliphatic rings. The van der Waals surface area contributed by atoms with Gasteiger partial charge >= 0.3 is 0 Å². The van der Waals surface area contributed by atoms with Gasteiger partial charge in [-0.25, -0.2) is 4.39 Å². The van der Waals surface area contributed by atoms with Gasteiger partial charge in [0, 0.05) is 12.3 Å². The molecular weight excluding hydrogens is 267 g/mol. The molecule has 3 aliphatic carbocycles. The van der Waals surface area contributed by atoms with Crippen LogP contribution in [0.25, 0.3) is 0 Å². The first-order valence-electron chi connectivity index (χ1n) is 8.37. The lowest BCUT2D eigenvalue weighted by Crippen LogP contribution is -2.25. The Labute approximate surface area is 126 Å². The van der Waals surface area contributed by atoms with Gasteiger partial charge in [-0.3, -0.25) is 0 Å². The van der Waals surface area contributed by atoms with Crippen LogP contribution in [0, 0.1) is 17.8 Å². The maximum absolute atomic E-state index is 13.4. The lowest BCUT2D eigenvalue weighted by Gasteiger charge is -2.34. The first-order chi connectivity index (χ1) is 10.2. The van der Waals surface area contributed by atoms with Gasteiger partial charge in [-0.2, -0.15) is 0 Å². The van der Waals surface area contributed by atoms with E-state index in [1.807, 2.05) is 6.92 Å². The molecule has 0 aliphatic heterocycles. The van der Waals surface area contributed by atoms with Gasteiger partial charge in [-0.05, 0) is 68.4 Å². The minimum atomic E-state index is -0.685. The van der Waals surface area contributed by atoms with Gasteiger partial charge in [0.15, 0.2) is 0 Å². The van der Waals surface area contributed by atoms with Crippen molar-refractivity contribution in [2.45, 2.75) is 58.0 Å². The topological polar surface area (TPSA) is 26.3 Å². The summed E-state index contributed by atoms with van der Waals surface area (Å²) in [6, 6.07) is 0. The Morgan fingerprint density at radius 2 is 2.19 bits per heavy atom. The fourth-order valence-electron chi connectivity index (χ4n) is 3.89. The zero-order valence-electron chi connectivity index (χ0n) is 12.8. The highest BCUT2D eigenvalue weighted by atomic mass is 19.1. The van der Waals surface area contributed by atoms with Crippen molar-refractivity contribution < 1.29 is 13.9 Å². The van der Waals surface area contributed by atoms with E-state index in [1.54, 1.807) is 0 Å². The van der Waals surface area contributed by atoms with Crippen molar-refractivity contribution in [1.82, 2.24) is 0 Å². The number of halogens is 1. The summed E-state index contributed by atoms with van der Waals surface area (Å²) < 4.78 is 19.3. The third-order valence-electron chi connectivity index (χ3n) is 5.07. The highest BCUT2D eigenvalue weighted by molar-refractivity contribution is 5.56. The van der Waals surface area contributed by atoms with Crippen molar-refractivity contribution in [2.75, 3.05) is 6.61 Å². The van der Waals surface area contributed by atoms with E-state index in [-0.39, 0.29) is 5.92 Å². The van der Waals surface area contributed by atoms with Gasteiger partial charge in [0.25, 0.3) is 0 Å². The second kappa shape index (κ2) is 6.33. The van der Waals surface area contributed by atoms with E-state index >= 15 is 0 Å². The Kier molecular flexibility index (Phi) is 4.46. The van der Waals surface area contributed by atoms with Crippen LogP contribution < -0.4 is 0 Å². The SMILES string of the molecule is CCOC1=C(C2=CC[C@H](F)CC2)C(C2CC2)C[C@@H](C=O)C1. The molecule has 3 rings (SSSR count). The van der Waals surface area contributed by atoms with Gasteiger partial charge in [0.1, 0.15) is 18.2 Å². The lowest BCUT2D eigenvalue weighted by molar-refractivity contribution is -0.112. The first kappa shape index (κ1) is 14.8. The summed E-state index contributed by atoms with van der Waals surface area (Å²) in [5.74, 6) is 2.28. The van der Waals surface area contributed by atoms with Gasteiger partial charge in [-0.15, -0.1) is 0 Å². The number of carbonyl (C=O) groups is 1. The molecular formula is C18H25FO2. The Morgan fingerprint density at radius 1 is 1.38 bits per heavy atom. The number of rotatable bonds is 5. The second-order valence-electron chi connectivity index (χ2n) is 6.65. The molecule has 0 heterocycles. The molecule has 0 spiro atoms. The first-order valence-corrected chi connectivity index (χ1v) is 8.37. The second-order valence-corrected chi connectivity index (χ2v) is 6.65. The summed E-state index contributed by atoms with van der Waals surface area (Å²) >= 11 is 0. The van der Waals surface area contributed by atoms with E-state index in [0.29, 0.717) is 31.3 Å². The minimum Gasteiger partial charge on any atom is -0.498 e. The van der Waals surface area contributed by atoms with Crippen LogP contribution in [0.15, 0.2) is 23.0 Å². The van der Waals surface area contributed by atoms with Crippen LogP contribution in [0.3, 0.4) is 0 Å². The lowest BCUT2D eigenvalue weighted by atomic mass is 9.73. The van der Waals surface area contributed by atoms with Gasteiger partial charge < -0.3 is 9.53 Å². The highest BCUT2D eigenvalue weighted by Gasteiger charge is 2.41. The van der Waals surface area contributed by atoms with Crippen LogP contribution in [0.1, 0.15) is 51.9 Å². The summed E-state index contributed by atoms with van der Waals surface area (Å²) in [4.78, 5) is 11.3. The normalized spacial score (nSPS) is 33.6. The third-order valence-corrected chi connectivity index (χ3v) is 5.07. The fourth-order valence-corrected chi connectivity index (χ4v) is 3.89. The van der Waals surface area contributed by atoms with E-state index < -0.39 is 6.17 Å². The molecule has 1 saturated carbocycles. The molecule has 0 radical (unpaired) electrons. The number of hydrogen-bond donors (Lipinski definition) is 0. The average molecular weight is 292 g/mol. The summed E-state index contributed by atoms with van der Waals surface area (Å²) in [7, 11) is 0. The smallest absolute Gasteiger partial charge is 0.123 e.